The highest BCUT2D eigenvalue weighted by Gasteiger charge is 2.30. The maximum atomic E-state index is 10.7. The molecule has 0 aromatic rings. The molecule has 0 fully saturated rings. The lowest BCUT2D eigenvalue weighted by Crippen LogP contribution is -2.43. The summed E-state index contributed by atoms with van der Waals surface area (Å²) >= 11 is 0. The van der Waals surface area contributed by atoms with Crippen molar-refractivity contribution in [2.45, 2.75) is 40.2 Å². The average molecular weight is 172 g/mol. The van der Waals surface area contributed by atoms with Gasteiger partial charge in [0.25, 0.3) is 0 Å². The lowest BCUT2D eigenvalue weighted by Gasteiger charge is -2.33. The van der Waals surface area contributed by atoms with Crippen LogP contribution in [0.3, 0.4) is 0 Å². The van der Waals surface area contributed by atoms with Gasteiger partial charge in [-0.1, -0.05) is 27.7 Å². The quantitative estimate of drug-likeness (QED) is 0.660. The van der Waals surface area contributed by atoms with E-state index in [-0.39, 0.29) is 17.4 Å². The van der Waals surface area contributed by atoms with Crippen molar-refractivity contribution in [1.29, 1.82) is 0 Å². The third-order valence-electron chi connectivity index (χ3n) is 2.25. The van der Waals surface area contributed by atoms with Crippen LogP contribution in [0.15, 0.2) is 0 Å². The van der Waals surface area contributed by atoms with Gasteiger partial charge >= 0.3 is 0 Å². The van der Waals surface area contributed by atoms with Gasteiger partial charge in [-0.05, 0) is 11.3 Å². The molecular weight excluding hydrogens is 152 g/mol. The van der Waals surface area contributed by atoms with Crippen molar-refractivity contribution in [2.75, 3.05) is 0 Å². The molecule has 0 bridgehead atoms. The Kier molecular flexibility index (Phi) is 3.71. The van der Waals surface area contributed by atoms with Gasteiger partial charge in [0.1, 0.15) is 0 Å². The van der Waals surface area contributed by atoms with Gasteiger partial charge in [0, 0.05) is 12.5 Å². The lowest BCUT2D eigenvalue weighted by molar-refractivity contribution is -0.120. The van der Waals surface area contributed by atoms with Gasteiger partial charge in [-0.25, -0.2) is 0 Å². The first kappa shape index (κ1) is 11.4. The Balaban J connectivity index is 4.28. The molecule has 1 atom stereocenters. The van der Waals surface area contributed by atoms with E-state index in [4.69, 9.17) is 11.5 Å². The van der Waals surface area contributed by atoms with Crippen molar-refractivity contribution in [3.05, 3.63) is 0 Å². The first-order valence-electron chi connectivity index (χ1n) is 4.31. The number of carbonyl (C=O) groups excluding carboxylic acids is 1. The molecule has 3 heteroatoms. The second-order valence-corrected chi connectivity index (χ2v) is 4.40. The molecule has 0 heterocycles. The molecule has 3 nitrogen and oxygen atoms in total. The van der Waals surface area contributed by atoms with Gasteiger partial charge in [0.15, 0.2) is 0 Å². The Labute approximate surface area is 74.5 Å². The van der Waals surface area contributed by atoms with Crippen LogP contribution in [-0.2, 0) is 4.79 Å². The maximum absolute atomic E-state index is 10.7. The molecule has 0 saturated carbocycles. The normalized spacial score (nSPS) is 14.8. The standard InChI is InChI=1S/C9H20N2O/c1-6(2)8(11)9(3,4)5-7(10)12/h6,8H,5,11H2,1-4H3,(H2,10,12)/t8-/m0/s1. The van der Waals surface area contributed by atoms with E-state index in [0.29, 0.717) is 12.3 Å². The second kappa shape index (κ2) is 3.90. The van der Waals surface area contributed by atoms with E-state index in [9.17, 15) is 4.79 Å². The van der Waals surface area contributed by atoms with E-state index in [0.717, 1.165) is 0 Å². The smallest absolute Gasteiger partial charge is 0.218 e. The van der Waals surface area contributed by atoms with Crippen molar-refractivity contribution in [3.8, 4) is 0 Å². The predicted octanol–water partition coefficient (Wildman–Crippen LogP) is 0.871. The number of nitrogens with two attached hydrogens (primary N) is 2. The summed E-state index contributed by atoms with van der Waals surface area (Å²) in [5.41, 5.74) is 10.9. The molecule has 0 aromatic heterocycles. The van der Waals surface area contributed by atoms with Gasteiger partial charge < -0.3 is 11.5 Å². The SMILES string of the molecule is CC(C)[C@H](N)C(C)(C)CC(N)=O. The summed E-state index contributed by atoms with van der Waals surface area (Å²) in [6.07, 6.45) is 0.354. The maximum Gasteiger partial charge on any atom is 0.218 e. The number of amides is 1. The number of hydrogen-bond acceptors (Lipinski definition) is 2. The van der Waals surface area contributed by atoms with E-state index in [2.05, 4.69) is 0 Å². The minimum atomic E-state index is -0.281. The Hall–Kier alpha value is -0.570. The van der Waals surface area contributed by atoms with Crippen LogP contribution < -0.4 is 11.5 Å². The second-order valence-electron chi connectivity index (χ2n) is 4.40. The molecule has 0 aliphatic heterocycles. The van der Waals surface area contributed by atoms with Crippen molar-refractivity contribution in [3.63, 3.8) is 0 Å². The summed E-state index contributed by atoms with van der Waals surface area (Å²) in [7, 11) is 0. The number of primary amides is 1. The predicted molar refractivity (Wildman–Crippen MR) is 50.4 cm³/mol. The molecule has 0 aliphatic rings. The van der Waals surface area contributed by atoms with E-state index in [1.807, 2.05) is 27.7 Å². The summed E-state index contributed by atoms with van der Waals surface area (Å²) in [5.74, 6) is 0.0930. The Morgan fingerprint density at radius 3 is 2.08 bits per heavy atom. The molecule has 0 rings (SSSR count). The number of hydrogen-bond donors (Lipinski definition) is 2. The van der Waals surface area contributed by atoms with Crippen molar-refractivity contribution < 1.29 is 4.79 Å². The fourth-order valence-corrected chi connectivity index (χ4v) is 1.47. The average Bonchev–Trinajstić information content (AvgIpc) is 1.82. The van der Waals surface area contributed by atoms with Crippen LogP contribution in [0.4, 0.5) is 0 Å². The van der Waals surface area contributed by atoms with Gasteiger partial charge in [-0.2, -0.15) is 0 Å². The van der Waals surface area contributed by atoms with Gasteiger partial charge in [0.2, 0.25) is 5.91 Å². The van der Waals surface area contributed by atoms with Crippen molar-refractivity contribution >= 4 is 5.91 Å². The largest absolute Gasteiger partial charge is 0.370 e. The van der Waals surface area contributed by atoms with Crippen molar-refractivity contribution in [2.24, 2.45) is 22.8 Å². The van der Waals surface area contributed by atoms with Crippen LogP contribution >= 0.6 is 0 Å². The van der Waals surface area contributed by atoms with Crippen LogP contribution in [0.25, 0.3) is 0 Å². The van der Waals surface area contributed by atoms with Gasteiger partial charge in [-0.15, -0.1) is 0 Å². The first-order chi connectivity index (χ1) is 5.27. The van der Waals surface area contributed by atoms with Crippen LogP contribution in [0, 0.1) is 11.3 Å². The highest BCUT2D eigenvalue weighted by atomic mass is 16.1. The zero-order valence-electron chi connectivity index (χ0n) is 8.42. The number of rotatable bonds is 4. The summed E-state index contributed by atoms with van der Waals surface area (Å²) in [6, 6.07) is 0.0185. The molecule has 1 amide bonds. The molecule has 12 heavy (non-hydrogen) atoms. The summed E-state index contributed by atoms with van der Waals surface area (Å²) in [4.78, 5) is 10.7. The highest BCUT2D eigenvalue weighted by molar-refractivity contribution is 5.74. The molecule has 0 radical (unpaired) electrons. The molecule has 0 saturated heterocycles. The molecule has 0 spiro atoms. The molecule has 72 valence electrons. The zero-order valence-corrected chi connectivity index (χ0v) is 8.42. The van der Waals surface area contributed by atoms with Crippen molar-refractivity contribution in [1.82, 2.24) is 0 Å². The minimum Gasteiger partial charge on any atom is -0.370 e. The lowest BCUT2D eigenvalue weighted by atomic mass is 9.76. The Bertz CT molecular complexity index is 164. The minimum absolute atomic E-state index is 0.0185. The van der Waals surface area contributed by atoms with Crippen LogP contribution in [0.5, 0.6) is 0 Å². The van der Waals surface area contributed by atoms with E-state index >= 15 is 0 Å². The fraction of sp³-hybridized carbons (Fsp3) is 0.889. The monoisotopic (exact) mass is 172 g/mol. The Morgan fingerprint density at radius 2 is 1.83 bits per heavy atom. The molecular formula is C9H20N2O. The molecule has 0 unspecified atom stereocenters. The molecule has 0 aliphatic carbocycles. The van der Waals surface area contributed by atoms with E-state index < -0.39 is 0 Å². The van der Waals surface area contributed by atoms with Gasteiger partial charge in [0.05, 0.1) is 0 Å². The van der Waals surface area contributed by atoms with E-state index in [1.54, 1.807) is 0 Å². The third kappa shape index (κ3) is 3.22. The van der Waals surface area contributed by atoms with Crippen LogP contribution in [-0.4, -0.2) is 11.9 Å². The zero-order chi connectivity index (χ0) is 9.94. The Morgan fingerprint density at radius 1 is 1.42 bits per heavy atom. The first-order valence-corrected chi connectivity index (χ1v) is 4.31. The van der Waals surface area contributed by atoms with Crippen LogP contribution in [0.1, 0.15) is 34.1 Å². The van der Waals surface area contributed by atoms with E-state index in [1.165, 1.54) is 0 Å². The summed E-state index contributed by atoms with van der Waals surface area (Å²) < 4.78 is 0. The summed E-state index contributed by atoms with van der Waals surface area (Å²) in [6.45, 7) is 8.05. The highest BCUT2D eigenvalue weighted by Crippen LogP contribution is 2.27. The fourth-order valence-electron chi connectivity index (χ4n) is 1.47. The summed E-state index contributed by atoms with van der Waals surface area (Å²) in [5, 5.41) is 0. The third-order valence-corrected chi connectivity index (χ3v) is 2.25. The molecule has 4 N–H and O–H groups in total. The number of carbonyl (C=O) groups is 1. The topological polar surface area (TPSA) is 69.1 Å². The molecule has 0 aromatic carbocycles. The van der Waals surface area contributed by atoms with Crippen LogP contribution in [0.2, 0.25) is 0 Å². The van der Waals surface area contributed by atoms with Gasteiger partial charge in [-0.3, -0.25) is 4.79 Å².